The van der Waals surface area contributed by atoms with E-state index in [1.54, 1.807) is 7.11 Å². The summed E-state index contributed by atoms with van der Waals surface area (Å²) in [6, 6.07) is 0.444. The van der Waals surface area contributed by atoms with Crippen molar-refractivity contribution in [2.24, 2.45) is 11.7 Å². The average Bonchev–Trinajstić information content (AvgIpc) is 2.22. The number of methoxy groups -OCH3 is 1. The van der Waals surface area contributed by atoms with Crippen molar-refractivity contribution in [3.63, 3.8) is 0 Å². The topological polar surface area (TPSA) is 35.2 Å². The van der Waals surface area contributed by atoms with Crippen LogP contribution in [0.4, 0.5) is 0 Å². The Balaban J connectivity index is 1.98. The minimum absolute atomic E-state index is 0.444. The zero-order chi connectivity index (χ0) is 5.28. The van der Waals surface area contributed by atoms with Crippen LogP contribution in [0.5, 0.6) is 0 Å². The van der Waals surface area contributed by atoms with E-state index >= 15 is 0 Å². The highest BCUT2D eigenvalue weighted by molar-refractivity contribution is 4.89. The highest BCUT2D eigenvalue weighted by Crippen LogP contribution is 2.27. The predicted molar refractivity (Wildman–Crippen MR) is 28.0 cm³/mol. The number of hydrogen-bond donors (Lipinski definition) is 1. The Morgan fingerprint density at radius 2 is 2.43 bits per heavy atom. The molecule has 0 aromatic carbocycles. The summed E-state index contributed by atoms with van der Waals surface area (Å²) in [5.41, 5.74) is 5.47. The third-order valence-electron chi connectivity index (χ3n) is 1.36. The quantitative estimate of drug-likeness (QED) is 0.530. The minimum atomic E-state index is 0.444. The molecule has 7 heavy (non-hydrogen) atoms. The molecule has 1 saturated carbocycles. The number of rotatable bonds is 2. The second kappa shape index (κ2) is 1.80. The van der Waals surface area contributed by atoms with Gasteiger partial charge >= 0.3 is 0 Å². The SMILES string of the molecule is COC[C@H]1CC1N. The largest absolute Gasteiger partial charge is 0.384 e. The molecule has 0 amide bonds. The summed E-state index contributed by atoms with van der Waals surface area (Å²) in [4.78, 5) is 0. The second-order valence-electron chi connectivity index (χ2n) is 2.11. The van der Waals surface area contributed by atoms with Gasteiger partial charge in [0.05, 0.1) is 6.61 Å². The molecule has 42 valence electrons. The lowest BCUT2D eigenvalue weighted by Gasteiger charge is -1.89. The Kier molecular flexibility index (Phi) is 1.30. The van der Waals surface area contributed by atoms with E-state index in [0.29, 0.717) is 12.0 Å². The molecular formula is C5H11NO. The van der Waals surface area contributed by atoms with Gasteiger partial charge in [0.15, 0.2) is 0 Å². The molecule has 2 nitrogen and oxygen atoms in total. The lowest BCUT2D eigenvalue weighted by Crippen LogP contribution is -2.05. The van der Waals surface area contributed by atoms with Crippen LogP contribution in [0.3, 0.4) is 0 Å². The maximum atomic E-state index is 5.47. The van der Waals surface area contributed by atoms with Gasteiger partial charge in [-0.1, -0.05) is 0 Å². The van der Waals surface area contributed by atoms with E-state index < -0.39 is 0 Å². The van der Waals surface area contributed by atoms with Crippen LogP contribution in [-0.2, 0) is 4.74 Å². The maximum absolute atomic E-state index is 5.47. The van der Waals surface area contributed by atoms with E-state index in [1.807, 2.05) is 0 Å². The lowest BCUT2D eigenvalue weighted by atomic mass is 10.4. The number of hydrogen-bond acceptors (Lipinski definition) is 2. The van der Waals surface area contributed by atoms with Crippen LogP contribution in [0.1, 0.15) is 6.42 Å². The van der Waals surface area contributed by atoms with Gasteiger partial charge in [-0.25, -0.2) is 0 Å². The van der Waals surface area contributed by atoms with Crippen LogP contribution < -0.4 is 5.73 Å². The molecule has 1 unspecified atom stereocenters. The Morgan fingerprint density at radius 3 is 2.57 bits per heavy atom. The first-order valence-electron chi connectivity index (χ1n) is 2.59. The first-order valence-corrected chi connectivity index (χ1v) is 2.59. The van der Waals surface area contributed by atoms with Crippen LogP contribution in [0, 0.1) is 5.92 Å². The summed E-state index contributed by atoms with van der Waals surface area (Å²) in [5.74, 6) is 0.671. The standard InChI is InChI=1S/C5H11NO/c1-7-3-4-2-5(4)6/h4-5H,2-3,6H2,1H3/t4-,5?/m1/s1. The summed E-state index contributed by atoms with van der Waals surface area (Å²) in [6.45, 7) is 0.848. The summed E-state index contributed by atoms with van der Waals surface area (Å²) in [6.07, 6.45) is 1.16. The number of nitrogens with two attached hydrogens (primary N) is 1. The molecule has 0 radical (unpaired) electrons. The normalized spacial score (nSPS) is 38.6. The zero-order valence-electron chi connectivity index (χ0n) is 4.55. The van der Waals surface area contributed by atoms with Gasteiger partial charge in [0, 0.05) is 13.2 Å². The first kappa shape index (κ1) is 5.06. The Hall–Kier alpha value is -0.0800. The molecule has 1 rings (SSSR count). The average molecular weight is 101 g/mol. The lowest BCUT2D eigenvalue weighted by molar-refractivity contribution is 0.184. The van der Waals surface area contributed by atoms with Crippen molar-refractivity contribution in [3.8, 4) is 0 Å². The van der Waals surface area contributed by atoms with Crippen LogP contribution in [-0.4, -0.2) is 19.8 Å². The molecule has 1 aliphatic carbocycles. The fraction of sp³-hybridized carbons (Fsp3) is 1.00. The van der Waals surface area contributed by atoms with Gasteiger partial charge in [-0.05, 0) is 12.3 Å². The van der Waals surface area contributed by atoms with Gasteiger partial charge in [0.2, 0.25) is 0 Å². The van der Waals surface area contributed by atoms with E-state index in [2.05, 4.69) is 0 Å². The van der Waals surface area contributed by atoms with Crippen molar-refractivity contribution in [2.75, 3.05) is 13.7 Å². The Bertz CT molecular complexity index is 65.1. The zero-order valence-corrected chi connectivity index (χ0v) is 4.55. The van der Waals surface area contributed by atoms with Gasteiger partial charge in [-0.15, -0.1) is 0 Å². The molecule has 2 atom stereocenters. The minimum Gasteiger partial charge on any atom is -0.384 e. The monoisotopic (exact) mass is 101 g/mol. The molecule has 0 spiro atoms. The van der Waals surface area contributed by atoms with E-state index in [1.165, 1.54) is 0 Å². The van der Waals surface area contributed by atoms with Gasteiger partial charge in [0.1, 0.15) is 0 Å². The molecule has 0 aliphatic heterocycles. The molecule has 0 heterocycles. The highest BCUT2D eigenvalue weighted by atomic mass is 16.5. The molecular weight excluding hydrogens is 90.1 g/mol. The van der Waals surface area contributed by atoms with E-state index in [0.717, 1.165) is 13.0 Å². The fourth-order valence-corrected chi connectivity index (χ4v) is 0.677. The van der Waals surface area contributed by atoms with E-state index in [9.17, 15) is 0 Å². The van der Waals surface area contributed by atoms with Crippen LogP contribution in [0.2, 0.25) is 0 Å². The van der Waals surface area contributed by atoms with Crippen molar-refractivity contribution in [2.45, 2.75) is 12.5 Å². The molecule has 0 saturated heterocycles. The maximum Gasteiger partial charge on any atom is 0.0505 e. The Labute approximate surface area is 43.6 Å². The van der Waals surface area contributed by atoms with Gasteiger partial charge < -0.3 is 10.5 Å². The molecule has 2 N–H and O–H groups in total. The van der Waals surface area contributed by atoms with Gasteiger partial charge in [0.25, 0.3) is 0 Å². The highest BCUT2D eigenvalue weighted by Gasteiger charge is 2.32. The molecule has 0 aromatic rings. The molecule has 0 bridgehead atoms. The predicted octanol–water partition coefficient (Wildman–Crippen LogP) is -0.0200. The fourth-order valence-electron chi connectivity index (χ4n) is 0.677. The molecule has 1 fully saturated rings. The molecule has 0 aromatic heterocycles. The summed E-state index contributed by atoms with van der Waals surface area (Å²) in [7, 11) is 1.71. The van der Waals surface area contributed by atoms with Crippen molar-refractivity contribution in [3.05, 3.63) is 0 Å². The Morgan fingerprint density at radius 1 is 1.86 bits per heavy atom. The van der Waals surface area contributed by atoms with E-state index in [-0.39, 0.29) is 0 Å². The number of ether oxygens (including phenoxy) is 1. The van der Waals surface area contributed by atoms with Crippen molar-refractivity contribution in [1.82, 2.24) is 0 Å². The molecule has 2 heteroatoms. The van der Waals surface area contributed by atoms with Gasteiger partial charge in [-0.2, -0.15) is 0 Å². The molecule has 1 aliphatic rings. The summed E-state index contributed by atoms with van der Waals surface area (Å²) >= 11 is 0. The van der Waals surface area contributed by atoms with Crippen molar-refractivity contribution < 1.29 is 4.74 Å². The third-order valence-corrected chi connectivity index (χ3v) is 1.36. The van der Waals surface area contributed by atoms with E-state index in [4.69, 9.17) is 10.5 Å². The van der Waals surface area contributed by atoms with Crippen molar-refractivity contribution in [1.29, 1.82) is 0 Å². The van der Waals surface area contributed by atoms with Crippen LogP contribution in [0.15, 0.2) is 0 Å². The smallest absolute Gasteiger partial charge is 0.0505 e. The second-order valence-corrected chi connectivity index (χ2v) is 2.11. The van der Waals surface area contributed by atoms with Crippen molar-refractivity contribution >= 4 is 0 Å². The van der Waals surface area contributed by atoms with Gasteiger partial charge in [-0.3, -0.25) is 0 Å². The van der Waals surface area contributed by atoms with Crippen LogP contribution in [0.25, 0.3) is 0 Å². The summed E-state index contributed by atoms with van der Waals surface area (Å²) in [5, 5.41) is 0. The first-order chi connectivity index (χ1) is 3.34. The van der Waals surface area contributed by atoms with Crippen LogP contribution >= 0.6 is 0 Å². The summed E-state index contributed by atoms with van der Waals surface area (Å²) < 4.78 is 4.86. The third kappa shape index (κ3) is 1.14.